The van der Waals surface area contributed by atoms with E-state index in [1.54, 1.807) is 0 Å². The molecule has 0 radical (unpaired) electrons. The van der Waals surface area contributed by atoms with Gasteiger partial charge in [-0.05, 0) is 57.9 Å². The van der Waals surface area contributed by atoms with Gasteiger partial charge in [0, 0.05) is 12.0 Å². The molecule has 4 nitrogen and oxygen atoms in total. The maximum Gasteiger partial charge on any atom is 0.223 e. The van der Waals surface area contributed by atoms with Crippen molar-refractivity contribution in [1.29, 1.82) is 0 Å². The van der Waals surface area contributed by atoms with Gasteiger partial charge in [0.2, 0.25) is 5.91 Å². The number of amides is 1. The highest BCUT2D eigenvalue weighted by molar-refractivity contribution is 5.78. The Balaban J connectivity index is 1.75. The molecule has 116 valence electrons. The van der Waals surface area contributed by atoms with Gasteiger partial charge in [-0.25, -0.2) is 0 Å². The fraction of sp³-hybridized carbons (Fsp3) is 0.588. The summed E-state index contributed by atoms with van der Waals surface area (Å²) in [5, 5.41) is 6.38. The molecule has 0 spiro atoms. The second-order valence-corrected chi connectivity index (χ2v) is 6.07. The third-order valence-electron chi connectivity index (χ3n) is 3.89. The van der Waals surface area contributed by atoms with Crippen LogP contribution < -0.4 is 15.4 Å². The van der Waals surface area contributed by atoms with Gasteiger partial charge in [-0.3, -0.25) is 4.79 Å². The number of aryl methyl sites for hydroxylation is 1. The SMILES string of the molecule is Cc1cccc(OC(C)CNC(=O)[C@H]2CCN[C@@H](C)C2)c1. The van der Waals surface area contributed by atoms with Crippen LogP contribution in [0.15, 0.2) is 24.3 Å². The van der Waals surface area contributed by atoms with E-state index in [2.05, 4.69) is 17.6 Å². The van der Waals surface area contributed by atoms with Crippen LogP contribution in [0.2, 0.25) is 0 Å². The molecular weight excluding hydrogens is 264 g/mol. The van der Waals surface area contributed by atoms with Gasteiger partial charge in [0.05, 0.1) is 6.54 Å². The van der Waals surface area contributed by atoms with E-state index >= 15 is 0 Å². The van der Waals surface area contributed by atoms with Crippen molar-refractivity contribution in [2.24, 2.45) is 5.92 Å². The summed E-state index contributed by atoms with van der Waals surface area (Å²) >= 11 is 0. The van der Waals surface area contributed by atoms with E-state index < -0.39 is 0 Å². The Morgan fingerprint density at radius 1 is 1.52 bits per heavy atom. The maximum atomic E-state index is 12.2. The van der Waals surface area contributed by atoms with Crippen molar-refractivity contribution >= 4 is 5.91 Å². The number of carbonyl (C=O) groups excluding carboxylic acids is 1. The molecule has 4 heteroatoms. The second kappa shape index (κ2) is 7.46. The minimum absolute atomic E-state index is 0.0325. The number of rotatable bonds is 5. The molecule has 2 N–H and O–H groups in total. The summed E-state index contributed by atoms with van der Waals surface area (Å²) < 4.78 is 5.83. The molecule has 0 saturated carbocycles. The molecule has 21 heavy (non-hydrogen) atoms. The molecule has 3 atom stereocenters. The van der Waals surface area contributed by atoms with Gasteiger partial charge in [0.15, 0.2) is 0 Å². The highest BCUT2D eigenvalue weighted by Gasteiger charge is 2.24. The highest BCUT2D eigenvalue weighted by atomic mass is 16.5. The smallest absolute Gasteiger partial charge is 0.223 e. The van der Waals surface area contributed by atoms with Gasteiger partial charge >= 0.3 is 0 Å². The summed E-state index contributed by atoms with van der Waals surface area (Å²) in [6, 6.07) is 8.40. The predicted octanol–water partition coefficient (Wildman–Crippen LogP) is 2.27. The number of nitrogens with one attached hydrogen (secondary N) is 2. The Labute approximate surface area is 127 Å². The first-order chi connectivity index (χ1) is 10.0. The summed E-state index contributed by atoms with van der Waals surface area (Å²) in [5.41, 5.74) is 1.17. The van der Waals surface area contributed by atoms with Gasteiger partial charge in [-0.15, -0.1) is 0 Å². The summed E-state index contributed by atoms with van der Waals surface area (Å²) in [7, 11) is 0. The highest BCUT2D eigenvalue weighted by Crippen LogP contribution is 2.16. The van der Waals surface area contributed by atoms with Crippen molar-refractivity contribution in [2.75, 3.05) is 13.1 Å². The van der Waals surface area contributed by atoms with Crippen molar-refractivity contribution in [2.45, 2.75) is 45.8 Å². The van der Waals surface area contributed by atoms with E-state index in [4.69, 9.17) is 4.74 Å². The number of ether oxygens (including phenoxy) is 1. The molecule has 0 aliphatic carbocycles. The monoisotopic (exact) mass is 290 g/mol. The molecule has 1 fully saturated rings. The Hall–Kier alpha value is -1.55. The Bertz CT molecular complexity index is 476. The zero-order valence-corrected chi connectivity index (χ0v) is 13.2. The number of hydrogen-bond donors (Lipinski definition) is 2. The number of piperidine rings is 1. The van der Waals surface area contributed by atoms with E-state index in [1.807, 2.05) is 38.1 Å². The summed E-state index contributed by atoms with van der Waals surface area (Å²) in [5.74, 6) is 1.14. The molecule has 1 unspecified atom stereocenters. The summed E-state index contributed by atoms with van der Waals surface area (Å²) in [4.78, 5) is 12.2. The number of benzene rings is 1. The zero-order chi connectivity index (χ0) is 15.2. The topological polar surface area (TPSA) is 50.4 Å². The number of hydrogen-bond acceptors (Lipinski definition) is 3. The van der Waals surface area contributed by atoms with Gasteiger partial charge in [0.25, 0.3) is 0 Å². The molecular formula is C17H26N2O2. The lowest BCUT2D eigenvalue weighted by molar-refractivity contribution is -0.126. The maximum absolute atomic E-state index is 12.2. The van der Waals surface area contributed by atoms with Crippen LogP contribution in [0, 0.1) is 12.8 Å². The van der Waals surface area contributed by atoms with Crippen LogP contribution in [0.25, 0.3) is 0 Å². The quantitative estimate of drug-likeness (QED) is 0.874. The third kappa shape index (κ3) is 5.05. The van der Waals surface area contributed by atoms with Gasteiger partial charge in [-0.2, -0.15) is 0 Å². The fourth-order valence-electron chi connectivity index (χ4n) is 2.72. The Kier molecular flexibility index (Phi) is 5.62. The van der Waals surface area contributed by atoms with Crippen molar-refractivity contribution in [1.82, 2.24) is 10.6 Å². The molecule has 1 aliphatic heterocycles. The molecule has 1 heterocycles. The van der Waals surface area contributed by atoms with Crippen LogP contribution in [0.1, 0.15) is 32.3 Å². The lowest BCUT2D eigenvalue weighted by atomic mass is 9.92. The molecule has 1 aromatic carbocycles. The van der Waals surface area contributed by atoms with Gasteiger partial charge < -0.3 is 15.4 Å². The van der Waals surface area contributed by atoms with Crippen LogP contribution >= 0.6 is 0 Å². The van der Waals surface area contributed by atoms with Gasteiger partial charge in [-0.1, -0.05) is 12.1 Å². The molecule has 1 saturated heterocycles. The minimum Gasteiger partial charge on any atom is -0.489 e. The van der Waals surface area contributed by atoms with Gasteiger partial charge in [0.1, 0.15) is 11.9 Å². The molecule has 0 aromatic heterocycles. The van der Waals surface area contributed by atoms with Crippen molar-refractivity contribution < 1.29 is 9.53 Å². The van der Waals surface area contributed by atoms with E-state index in [0.717, 1.165) is 25.1 Å². The van der Waals surface area contributed by atoms with Crippen LogP contribution in [-0.2, 0) is 4.79 Å². The molecule has 2 rings (SSSR count). The largest absolute Gasteiger partial charge is 0.489 e. The van der Waals surface area contributed by atoms with Crippen molar-refractivity contribution in [3.63, 3.8) is 0 Å². The summed E-state index contributed by atoms with van der Waals surface area (Å²) in [6.07, 6.45) is 1.80. The van der Waals surface area contributed by atoms with E-state index in [-0.39, 0.29) is 17.9 Å². The average Bonchev–Trinajstić information content (AvgIpc) is 2.45. The van der Waals surface area contributed by atoms with Crippen LogP contribution in [0.3, 0.4) is 0 Å². The molecule has 1 aromatic rings. The molecule has 1 amide bonds. The predicted molar refractivity (Wildman–Crippen MR) is 84.5 cm³/mol. The second-order valence-electron chi connectivity index (χ2n) is 6.07. The lowest BCUT2D eigenvalue weighted by Crippen LogP contribution is -2.44. The van der Waals surface area contributed by atoms with Crippen LogP contribution in [0.4, 0.5) is 0 Å². The van der Waals surface area contributed by atoms with E-state index in [0.29, 0.717) is 12.6 Å². The van der Waals surface area contributed by atoms with E-state index in [1.165, 1.54) is 5.56 Å². The molecule has 1 aliphatic rings. The summed E-state index contributed by atoms with van der Waals surface area (Å²) in [6.45, 7) is 7.62. The first-order valence-corrected chi connectivity index (χ1v) is 7.79. The normalized spacial score (nSPS) is 23.4. The first kappa shape index (κ1) is 15.8. The standard InChI is InChI=1S/C17H26N2O2/c1-12-5-4-6-16(9-12)21-14(3)11-19-17(20)15-7-8-18-13(2)10-15/h4-6,9,13-15,18H,7-8,10-11H2,1-3H3,(H,19,20)/t13-,14?,15-/m0/s1. The third-order valence-corrected chi connectivity index (χ3v) is 3.89. The Morgan fingerprint density at radius 3 is 3.05 bits per heavy atom. The minimum atomic E-state index is -0.0325. The van der Waals surface area contributed by atoms with Crippen LogP contribution in [-0.4, -0.2) is 31.1 Å². The Morgan fingerprint density at radius 2 is 2.33 bits per heavy atom. The van der Waals surface area contributed by atoms with Crippen molar-refractivity contribution in [3.05, 3.63) is 29.8 Å². The average molecular weight is 290 g/mol. The van der Waals surface area contributed by atoms with Crippen molar-refractivity contribution in [3.8, 4) is 5.75 Å². The van der Waals surface area contributed by atoms with Crippen LogP contribution in [0.5, 0.6) is 5.75 Å². The first-order valence-electron chi connectivity index (χ1n) is 7.79. The zero-order valence-electron chi connectivity index (χ0n) is 13.2. The number of carbonyl (C=O) groups is 1. The van der Waals surface area contributed by atoms with E-state index in [9.17, 15) is 4.79 Å². The lowest BCUT2D eigenvalue weighted by Gasteiger charge is -2.27. The fourth-order valence-corrected chi connectivity index (χ4v) is 2.72. The molecule has 0 bridgehead atoms.